The molecule has 13 nitrogen and oxygen atoms in total. The van der Waals surface area contributed by atoms with Gasteiger partial charge in [-0.15, -0.1) is 10.2 Å². The molecule has 0 radical (unpaired) electrons. The highest BCUT2D eigenvalue weighted by atomic mass is 35.5. The normalized spacial score (nSPS) is 13.9. The molecule has 0 atom stereocenters. The summed E-state index contributed by atoms with van der Waals surface area (Å²) in [5.74, 6) is 6.53. The van der Waals surface area contributed by atoms with Gasteiger partial charge < -0.3 is 4.57 Å². The van der Waals surface area contributed by atoms with Gasteiger partial charge in [0, 0.05) is 51.8 Å². The summed E-state index contributed by atoms with van der Waals surface area (Å²) in [5.41, 5.74) is 9.15. The van der Waals surface area contributed by atoms with E-state index in [2.05, 4.69) is 37.3 Å². The van der Waals surface area contributed by atoms with Crippen LogP contribution in [0.3, 0.4) is 0 Å². The molecule has 300 valence electrons. The number of hydrogen-bond donors (Lipinski definition) is 2. The van der Waals surface area contributed by atoms with Crippen molar-refractivity contribution in [2.75, 3.05) is 0 Å². The van der Waals surface area contributed by atoms with E-state index in [0.717, 1.165) is 81.7 Å². The molecule has 0 unspecified atom stereocenters. The van der Waals surface area contributed by atoms with Crippen LogP contribution in [0.1, 0.15) is 54.2 Å². The number of aryl methyl sites for hydroxylation is 4. The molecular weight excluding hydrogens is 799 g/mol. The third-order valence-electron chi connectivity index (χ3n) is 10.3. The van der Waals surface area contributed by atoms with E-state index in [9.17, 15) is 14.4 Å². The first-order valence-electron chi connectivity index (χ1n) is 18.8. The second-order valence-electron chi connectivity index (χ2n) is 14.5. The number of hydrogen-bond acceptors (Lipinski definition) is 7. The van der Waals surface area contributed by atoms with Crippen LogP contribution in [0.5, 0.6) is 0 Å². The number of aromatic nitrogens is 7. The Kier molecular flexibility index (Phi) is 12.1. The van der Waals surface area contributed by atoms with E-state index >= 15 is 0 Å². The molecule has 2 aliphatic rings. The number of carbonyl (C=O) groups is 1. The van der Waals surface area contributed by atoms with Gasteiger partial charge in [-0.2, -0.15) is 0 Å². The molecule has 3 heterocycles. The zero-order chi connectivity index (χ0) is 41.2. The SMILES string of the molecule is ClC(=NC1CC1)c1ccccc1Cl.Cn1c(=O)n(C)c2cc(CC(=O)NN)ccc21.Cn1c(=O)n(C)c2cc(Cc3nnc(-c4ccccc4Cl)n3C3CC3)ccc21. The highest BCUT2D eigenvalue weighted by molar-refractivity contribution is 6.70. The Labute approximate surface area is 349 Å². The Bertz CT molecular complexity index is 2800. The second-order valence-corrected chi connectivity index (χ2v) is 15.7. The second kappa shape index (κ2) is 17.2. The van der Waals surface area contributed by atoms with Crippen molar-refractivity contribution >= 4 is 67.9 Å². The van der Waals surface area contributed by atoms with E-state index in [1.54, 1.807) is 46.5 Å². The van der Waals surface area contributed by atoms with E-state index in [1.165, 1.54) is 0 Å². The van der Waals surface area contributed by atoms with Gasteiger partial charge in [-0.25, -0.2) is 15.4 Å². The van der Waals surface area contributed by atoms with Crippen molar-refractivity contribution in [3.05, 3.63) is 138 Å². The number of rotatable bonds is 8. The van der Waals surface area contributed by atoms with Crippen LogP contribution in [0.2, 0.25) is 10.0 Å². The third-order valence-corrected chi connectivity index (χ3v) is 11.3. The van der Waals surface area contributed by atoms with E-state index in [4.69, 9.17) is 40.6 Å². The van der Waals surface area contributed by atoms with E-state index in [0.29, 0.717) is 33.7 Å². The number of halogens is 3. The summed E-state index contributed by atoms with van der Waals surface area (Å²) in [6.07, 6.45) is 5.44. The molecule has 16 heteroatoms. The number of fused-ring (bicyclic) bond motifs is 2. The highest BCUT2D eigenvalue weighted by Crippen LogP contribution is 2.40. The fourth-order valence-electron chi connectivity index (χ4n) is 6.79. The van der Waals surface area contributed by atoms with Crippen molar-refractivity contribution in [3.8, 4) is 11.4 Å². The Balaban J connectivity index is 0.000000145. The number of imidazole rings is 2. The van der Waals surface area contributed by atoms with Gasteiger partial charge >= 0.3 is 11.4 Å². The average molecular weight is 842 g/mol. The number of amides is 1. The first-order valence-corrected chi connectivity index (χ1v) is 19.9. The zero-order valence-electron chi connectivity index (χ0n) is 32.5. The molecule has 1 amide bonds. The van der Waals surface area contributed by atoms with Gasteiger partial charge in [0.2, 0.25) is 5.91 Å². The number of carbonyl (C=O) groups excluding carboxylic acids is 1. The minimum Gasteiger partial charge on any atom is -0.308 e. The third kappa shape index (κ3) is 8.68. The van der Waals surface area contributed by atoms with Gasteiger partial charge in [-0.3, -0.25) is 33.5 Å². The minimum atomic E-state index is -0.259. The summed E-state index contributed by atoms with van der Waals surface area (Å²) in [7, 11) is 7.02. The summed E-state index contributed by atoms with van der Waals surface area (Å²) in [4.78, 5) is 39.4. The molecular formula is C42H43Cl3N10O3. The number of nitrogens with one attached hydrogen (secondary N) is 1. The lowest BCUT2D eigenvalue weighted by atomic mass is 10.1. The standard InChI is InChI=1S/C21H20ClN5O.C11H14N4O2.C10H9Cl2N/c1-25-17-10-7-13(11-18(17)26(2)21(25)28)12-19-23-24-20(27(19)14-8-9-14)15-5-3-4-6-16(15)22;1-14-8-4-3-7(6-10(16)13-12)5-9(8)15(2)11(14)17;11-9-4-2-1-3-8(9)10(12)13-7-5-6-7/h3-7,10-11,14H,8-9,12H2,1-2H3;3-5H,6,12H2,1-2H3,(H,13,16);1-4,7H,5-6H2. The predicted molar refractivity (Wildman–Crippen MR) is 231 cm³/mol. The number of aliphatic imine (C=N–C) groups is 1. The Hall–Kier alpha value is -5.47. The Morgan fingerprint density at radius 1 is 0.741 bits per heavy atom. The maximum Gasteiger partial charge on any atom is 0.328 e. The van der Waals surface area contributed by atoms with Crippen molar-refractivity contribution < 1.29 is 4.79 Å². The van der Waals surface area contributed by atoms with Gasteiger partial charge in [-0.1, -0.05) is 77.3 Å². The Morgan fingerprint density at radius 2 is 1.29 bits per heavy atom. The first-order chi connectivity index (χ1) is 27.9. The number of nitrogens with zero attached hydrogens (tertiary/aromatic N) is 8. The van der Waals surface area contributed by atoms with Crippen LogP contribution in [0.25, 0.3) is 33.5 Å². The van der Waals surface area contributed by atoms with Gasteiger partial charge in [0.05, 0.1) is 44.6 Å². The molecule has 0 bridgehead atoms. The predicted octanol–water partition coefficient (Wildman–Crippen LogP) is 6.61. The maximum atomic E-state index is 12.2. The van der Waals surface area contributed by atoms with Crippen molar-refractivity contribution in [3.63, 3.8) is 0 Å². The molecule has 7 aromatic rings. The monoisotopic (exact) mass is 840 g/mol. The largest absolute Gasteiger partial charge is 0.328 e. The van der Waals surface area contributed by atoms with Crippen molar-refractivity contribution in [1.29, 1.82) is 0 Å². The molecule has 4 aromatic carbocycles. The van der Waals surface area contributed by atoms with Crippen LogP contribution >= 0.6 is 34.8 Å². The van der Waals surface area contributed by atoms with Gasteiger partial charge in [0.1, 0.15) is 11.0 Å². The highest BCUT2D eigenvalue weighted by Gasteiger charge is 2.30. The van der Waals surface area contributed by atoms with Gasteiger partial charge in [0.15, 0.2) is 5.82 Å². The lowest BCUT2D eigenvalue weighted by molar-refractivity contribution is -0.120. The molecule has 0 aliphatic heterocycles. The Morgan fingerprint density at radius 3 is 1.86 bits per heavy atom. The molecule has 2 fully saturated rings. The van der Waals surface area contributed by atoms with E-state index in [1.807, 2.05) is 72.8 Å². The van der Waals surface area contributed by atoms with Gasteiger partial charge in [0.25, 0.3) is 0 Å². The average Bonchev–Trinajstić information content (AvgIpc) is 4.17. The number of nitrogens with two attached hydrogens (primary N) is 1. The zero-order valence-corrected chi connectivity index (χ0v) is 34.8. The van der Waals surface area contributed by atoms with Gasteiger partial charge in [-0.05, 0) is 79.3 Å². The van der Waals surface area contributed by atoms with Crippen LogP contribution in [-0.4, -0.2) is 50.2 Å². The molecule has 3 aromatic heterocycles. The first kappa shape index (κ1) is 40.7. The molecule has 58 heavy (non-hydrogen) atoms. The summed E-state index contributed by atoms with van der Waals surface area (Å²) >= 11 is 18.4. The maximum absolute atomic E-state index is 12.2. The van der Waals surface area contributed by atoms with Crippen LogP contribution < -0.4 is 22.6 Å². The summed E-state index contributed by atoms with van der Waals surface area (Å²) in [6, 6.07) is 27.7. The number of benzene rings is 4. The summed E-state index contributed by atoms with van der Waals surface area (Å²) < 4.78 is 8.71. The molecule has 0 spiro atoms. The van der Waals surface area contributed by atoms with Crippen LogP contribution in [-0.2, 0) is 45.8 Å². The molecule has 2 aliphatic carbocycles. The van der Waals surface area contributed by atoms with Crippen molar-refractivity contribution in [1.82, 2.24) is 38.5 Å². The number of hydrazine groups is 1. The molecule has 3 N–H and O–H groups in total. The fourth-order valence-corrected chi connectivity index (χ4v) is 7.59. The fraction of sp³-hybridized carbons (Fsp3) is 0.286. The van der Waals surface area contributed by atoms with E-state index in [-0.39, 0.29) is 23.7 Å². The topological polar surface area (TPSA) is 152 Å². The summed E-state index contributed by atoms with van der Waals surface area (Å²) in [5, 5.41) is 10.9. The van der Waals surface area contributed by atoms with Crippen LogP contribution in [0.15, 0.2) is 99.5 Å². The lowest BCUT2D eigenvalue weighted by Gasteiger charge is -2.10. The van der Waals surface area contributed by atoms with Crippen LogP contribution in [0, 0.1) is 0 Å². The minimum absolute atomic E-state index is 0.0192. The van der Waals surface area contributed by atoms with Crippen molar-refractivity contribution in [2.45, 2.75) is 50.6 Å². The summed E-state index contributed by atoms with van der Waals surface area (Å²) in [6.45, 7) is 0. The lowest BCUT2D eigenvalue weighted by Crippen LogP contribution is -2.31. The van der Waals surface area contributed by atoms with Crippen LogP contribution in [0.4, 0.5) is 0 Å². The van der Waals surface area contributed by atoms with E-state index < -0.39 is 0 Å². The molecule has 0 saturated heterocycles. The molecule has 2 saturated carbocycles. The van der Waals surface area contributed by atoms with Crippen molar-refractivity contribution in [2.24, 2.45) is 39.0 Å². The molecule has 9 rings (SSSR count). The smallest absolute Gasteiger partial charge is 0.308 e. The quantitative estimate of drug-likeness (QED) is 0.0761.